The Bertz CT molecular complexity index is 792. The zero-order chi connectivity index (χ0) is 14.1. The van der Waals surface area contributed by atoms with Crippen molar-refractivity contribution < 1.29 is 9.13 Å². The number of halogens is 2. The van der Waals surface area contributed by atoms with E-state index in [-0.39, 0.29) is 5.75 Å². The average molecular weight is 380 g/mol. The van der Waals surface area contributed by atoms with Crippen molar-refractivity contribution in [3.8, 4) is 11.5 Å². The van der Waals surface area contributed by atoms with Crippen molar-refractivity contribution >= 4 is 39.2 Å². The maximum atomic E-state index is 14.1. The van der Waals surface area contributed by atoms with Gasteiger partial charge < -0.3 is 10.5 Å². The number of rotatable bonds is 2. The SMILES string of the molecule is Nc1cc(F)c(Oc2cccc(I)c2)c2ncccc12. The van der Waals surface area contributed by atoms with E-state index in [1.807, 2.05) is 18.2 Å². The van der Waals surface area contributed by atoms with Crippen molar-refractivity contribution in [1.82, 2.24) is 4.98 Å². The summed E-state index contributed by atoms with van der Waals surface area (Å²) in [6.45, 7) is 0. The molecule has 2 N–H and O–H groups in total. The van der Waals surface area contributed by atoms with Gasteiger partial charge in [0.05, 0.1) is 0 Å². The molecule has 0 amide bonds. The Kier molecular flexibility index (Phi) is 3.43. The molecule has 3 nitrogen and oxygen atoms in total. The minimum Gasteiger partial charge on any atom is -0.452 e. The summed E-state index contributed by atoms with van der Waals surface area (Å²) >= 11 is 2.17. The quantitative estimate of drug-likeness (QED) is 0.531. The molecule has 0 unspecified atom stereocenters. The molecule has 5 heteroatoms. The summed E-state index contributed by atoms with van der Waals surface area (Å²) in [5.41, 5.74) is 6.57. The molecule has 3 rings (SSSR count). The van der Waals surface area contributed by atoms with Gasteiger partial charge in [0.2, 0.25) is 0 Å². The highest BCUT2D eigenvalue weighted by Gasteiger charge is 2.14. The first-order valence-corrected chi connectivity index (χ1v) is 6.99. The van der Waals surface area contributed by atoms with Crippen LogP contribution in [0, 0.1) is 9.39 Å². The highest BCUT2D eigenvalue weighted by atomic mass is 127. The number of nitrogens with zero attached hydrogens (tertiary/aromatic N) is 1. The molecule has 2 aromatic carbocycles. The van der Waals surface area contributed by atoms with Crippen LogP contribution < -0.4 is 10.5 Å². The third-order valence-corrected chi connectivity index (χ3v) is 3.52. The number of benzene rings is 2. The van der Waals surface area contributed by atoms with Crippen LogP contribution in [-0.4, -0.2) is 4.98 Å². The van der Waals surface area contributed by atoms with Gasteiger partial charge in [-0.2, -0.15) is 0 Å². The molecule has 100 valence electrons. The molecule has 3 aromatic rings. The summed E-state index contributed by atoms with van der Waals surface area (Å²) in [6, 6.07) is 12.2. The maximum absolute atomic E-state index is 14.1. The lowest BCUT2D eigenvalue weighted by atomic mass is 10.1. The number of fused-ring (bicyclic) bond motifs is 1. The van der Waals surface area contributed by atoms with Gasteiger partial charge in [-0.15, -0.1) is 0 Å². The predicted octanol–water partition coefficient (Wildman–Crippen LogP) is 4.35. The molecule has 0 fully saturated rings. The van der Waals surface area contributed by atoms with Gasteiger partial charge >= 0.3 is 0 Å². The predicted molar refractivity (Wildman–Crippen MR) is 85.3 cm³/mol. The molecule has 0 bridgehead atoms. The molecule has 0 aliphatic heterocycles. The van der Waals surface area contributed by atoms with Crippen LogP contribution in [-0.2, 0) is 0 Å². The van der Waals surface area contributed by atoms with E-state index in [1.54, 1.807) is 24.4 Å². The first kappa shape index (κ1) is 13.1. The van der Waals surface area contributed by atoms with E-state index in [9.17, 15) is 4.39 Å². The lowest BCUT2D eigenvalue weighted by Crippen LogP contribution is -1.96. The highest BCUT2D eigenvalue weighted by Crippen LogP contribution is 2.34. The van der Waals surface area contributed by atoms with Gasteiger partial charge in [-0.25, -0.2) is 4.39 Å². The summed E-state index contributed by atoms with van der Waals surface area (Å²) < 4.78 is 20.8. The Morgan fingerprint density at radius 1 is 1.15 bits per heavy atom. The Hall–Kier alpha value is -1.89. The number of nitrogen functional groups attached to an aromatic ring is 1. The van der Waals surface area contributed by atoms with Crippen molar-refractivity contribution in [2.75, 3.05) is 5.73 Å². The summed E-state index contributed by atoms with van der Waals surface area (Å²) in [5.74, 6) is 0.136. The molecule has 0 saturated heterocycles. The first-order valence-electron chi connectivity index (χ1n) is 5.91. The van der Waals surface area contributed by atoms with E-state index in [4.69, 9.17) is 10.5 Å². The molecule has 0 aliphatic rings. The molecule has 1 heterocycles. The summed E-state index contributed by atoms with van der Waals surface area (Å²) in [7, 11) is 0. The molecule has 0 spiro atoms. The second-order valence-corrected chi connectivity index (χ2v) is 5.48. The number of nitrogens with two attached hydrogens (primary N) is 1. The third kappa shape index (κ3) is 2.40. The van der Waals surface area contributed by atoms with Crippen LogP contribution in [0.2, 0.25) is 0 Å². The standard InChI is InChI=1S/C15H10FIN2O/c16-12-8-13(18)11-5-2-6-19-14(11)15(12)20-10-4-1-3-9(17)7-10/h1-8H,18H2. The Balaban J connectivity index is 2.16. The van der Waals surface area contributed by atoms with Gasteiger partial charge in [0.25, 0.3) is 0 Å². The molecule has 0 aliphatic carbocycles. The van der Waals surface area contributed by atoms with E-state index >= 15 is 0 Å². The van der Waals surface area contributed by atoms with E-state index in [0.717, 1.165) is 3.57 Å². The lowest BCUT2D eigenvalue weighted by molar-refractivity contribution is 0.447. The first-order chi connectivity index (χ1) is 9.65. The topological polar surface area (TPSA) is 48.1 Å². The Morgan fingerprint density at radius 2 is 2.00 bits per heavy atom. The fraction of sp³-hybridized carbons (Fsp3) is 0. The van der Waals surface area contributed by atoms with Crippen molar-refractivity contribution in [2.45, 2.75) is 0 Å². The molecule has 1 aromatic heterocycles. The number of pyridine rings is 1. The van der Waals surface area contributed by atoms with Crippen LogP contribution in [0.1, 0.15) is 0 Å². The normalized spacial score (nSPS) is 10.7. The van der Waals surface area contributed by atoms with Gasteiger partial charge in [-0.1, -0.05) is 6.07 Å². The fourth-order valence-corrected chi connectivity index (χ4v) is 2.47. The van der Waals surface area contributed by atoms with Crippen LogP contribution in [0.25, 0.3) is 10.9 Å². The fourth-order valence-electron chi connectivity index (χ4n) is 1.96. The van der Waals surface area contributed by atoms with Crippen molar-refractivity contribution in [1.29, 1.82) is 0 Å². The minimum atomic E-state index is -0.521. The molecular formula is C15H10FIN2O. The number of hydrogen-bond donors (Lipinski definition) is 1. The second-order valence-electron chi connectivity index (χ2n) is 4.24. The Labute approximate surface area is 128 Å². The van der Waals surface area contributed by atoms with E-state index < -0.39 is 5.82 Å². The molecular weight excluding hydrogens is 370 g/mol. The largest absolute Gasteiger partial charge is 0.452 e. The van der Waals surface area contributed by atoms with Crippen LogP contribution in [0.3, 0.4) is 0 Å². The second kappa shape index (κ2) is 5.24. The van der Waals surface area contributed by atoms with Gasteiger partial charge in [0.1, 0.15) is 11.3 Å². The van der Waals surface area contributed by atoms with Crippen molar-refractivity contribution in [3.05, 3.63) is 58.0 Å². The number of anilines is 1. The lowest BCUT2D eigenvalue weighted by Gasteiger charge is -2.11. The molecule has 0 atom stereocenters. The van der Waals surface area contributed by atoms with Gasteiger partial charge in [-0.3, -0.25) is 4.98 Å². The highest BCUT2D eigenvalue weighted by molar-refractivity contribution is 14.1. The Morgan fingerprint density at radius 3 is 2.80 bits per heavy atom. The number of ether oxygens (including phenoxy) is 1. The van der Waals surface area contributed by atoms with Crippen LogP contribution in [0.15, 0.2) is 48.7 Å². The summed E-state index contributed by atoms with van der Waals surface area (Å²) in [4.78, 5) is 4.17. The van der Waals surface area contributed by atoms with Gasteiger partial charge in [0, 0.05) is 26.9 Å². The third-order valence-electron chi connectivity index (χ3n) is 2.85. The molecule has 0 saturated carbocycles. The zero-order valence-electron chi connectivity index (χ0n) is 10.3. The van der Waals surface area contributed by atoms with Gasteiger partial charge in [0.15, 0.2) is 11.6 Å². The van der Waals surface area contributed by atoms with Crippen LogP contribution >= 0.6 is 22.6 Å². The molecule has 0 radical (unpaired) electrons. The van der Waals surface area contributed by atoms with Crippen LogP contribution in [0.5, 0.6) is 11.5 Å². The summed E-state index contributed by atoms with van der Waals surface area (Å²) in [6.07, 6.45) is 1.59. The van der Waals surface area contributed by atoms with E-state index in [2.05, 4.69) is 27.6 Å². The summed E-state index contributed by atoms with van der Waals surface area (Å²) in [5, 5.41) is 0.675. The number of aromatic nitrogens is 1. The molecule has 20 heavy (non-hydrogen) atoms. The van der Waals surface area contributed by atoms with Crippen molar-refractivity contribution in [2.24, 2.45) is 0 Å². The average Bonchev–Trinajstić information content (AvgIpc) is 2.43. The van der Waals surface area contributed by atoms with Crippen molar-refractivity contribution in [3.63, 3.8) is 0 Å². The van der Waals surface area contributed by atoms with E-state index in [1.165, 1.54) is 6.07 Å². The maximum Gasteiger partial charge on any atom is 0.189 e. The van der Waals surface area contributed by atoms with Gasteiger partial charge in [-0.05, 0) is 52.9 Å². The minimum absolute atomic E-state index is 0.0943. The van der Waals surface area contributed by atoms with E-state index in [0.29, 0.717) is 22.3 Å². The number of hydrogen-bond acceptors (Lipinski definition) is 3. The smallest absolute Gasteiger partial charge is 0.189 e. The van der Waals surface area contributed by atoms with Crippen LogP contribution in [0.4, 0.5) is 10.1 Å². The zero-order valence-corrected chi connectivity index (χ0v) is 12.5. The monoisotopic (exact) mass is 380 g/mol.